The van der Waals surface area contributed by atoms with Crippen LogP contribution >= 0.6 is 0 Å². The molecule has 1 amide bonds. The number of nitrogens with two attached hydrogens (primary N) is 1. The molecular weight excluding hydrogens is 378 g/mol. The van der Waals surface area contributed by atoms with Gasteiger partial charge in [0.05, 0.1) is 5.54 Å². The smallest absolute Gasteiger partial charge is 0.258 e. The van der Waals surface area contributed by atoms with Crippen molar-refractivity contribution in [3.8, 4) is 0 Å². The number of halogens is 1. The Bertz CT molecular complexity index is 654. The van der Waals surface area contributed by atoms with Gasteiger partial charge < -0.3 is 33.3 Å². The summed E-state index contributed by atoms with van der Waals surface area (Å²) in [5, 5.41) is 0. The van der Waals surface area contributed by atoms with E-state index in [0.717, 1.165) is 24.9 Å². The Morgan fingerprint density at radius 1 is 1.04 bits per heavy atom. The number of benzene rings is 2. The van der Waals surface area contributed by atoms with E-state index in [0.29, 0.717) is 17.8 Å². The predicted octanol–water partition coefficient (Wildman–Crippen LogP) is 0.110. The number of rotatable bonds is 7. The van der Waals surface area contributed by atoms with E-state index in [4.69, 9.17) is 5.73 Å². The van der Waals surface area contributed by atoms with Crippen molar-refractivity contribution in [2.45, 2.75) is 38.6 Å². The molecule has 0 aliphatic heterocycles. The summed E-state index contributed by atoms with van der Waals surface area (Å²) in [4.78, 5) is 14.9. The third-order valence-corrected chi connectivity index (χ3v) is 4.84. The Hall–Kier alpha value is -1.85. The molecule has 0 fully saturated rings. The lowest BCUT2D eigenvalue weighted by Gasteiger charge is -2.28. The molecule has 2 rings (SSSR count). The summed E-state index contributed by atoms with van der Waals surface area (Å²) in [7, 11) is 0. The summed E-state index contributed by atoms with van der Waals surface area (Å²) < 4.78 is 0. The second-order valence-electron chi connectivity index (χ2n) is 6.37. The van der Waals surface area contributed by atoms with Gasteiger partial charge >= 0.3 is 0 Å². The van der Waals surface area contributed by atoms with Crippen LogP contribution < -0.4 is 33.3 Å². The minimum Gasteiger partial charge on any atom is -1.00 e. The number of nitrogens with zero attached hydrogens (tertiary/aromatic N) is 1. The number of hydrogen-bond acceptors (Lipinski definition) is 2. The first kappa shape index (κ1) is 21.2. The van der Waals surface area contributed by atoms with Crippen molar-refractivity contribution in [2.24, 2.45) is 0 Å². The molecule has 0 heterocycles. The van der Waals surface area contributed by atoms with Crippen molar-refractivity contribution in [2.75, 3.05) is 17.2 Å². The zero-order valence-electron chi connectivity index (χ0n) is 15.0. The van der Waals surface area contributed by atoms with E-state index in [9.17, 15) is 4.79 Å². The first-order valence-electron chi connectivity index (χ1n) is 8.57. The van der Waals surface area contributed by atoms with Crippen molar-refractivity contribution in [3.63, 3.8) is 0 Å². The summed E-state index contributed by atoms with van der Waals surface area (Å²) in [5.41, 5.74) is 12.3. The second-order valence-corrected chi connectivity index (χ2v) is 6.37. The zero-order valence-corrected chi connectivity index (χ0v) is 16.6. The Balaban J connectivity index is 0.00000312. The standard InChI is InChI=1S/C20H27N3O.BrH/c1-3-20(22,4-2)14-15-23(18-8-6-5-7-9-18)19(24)16-10-12-17(21)13-11-16;/h5-13H,3-4,14-15,21-22H2,1-2H3;1H. The number of nitrogen functional groups attached to an aromatic ring is 1. The maximum Gasteiger partial charge on any atom is 0.258 e. The molecule has 0 bridgehead atoms. The van der Waals surface area contributed by atoms with Gasteiger partial charge in [0.25, 0.3) is 5.91 Å². The van der Waals surface area contributed by atoms with E-state index < -0.39 is 0 Å². The summed E-state index contributed by atoms with van der Waals surface area (Å²) in [6.07, 6.45) is 2.87. The van der Waals surface area contributed by atoms with Gasteiger partial charge in [-0.15, -0.1) is 0 Å². The lowest BCUT2D eigenvalue weighted by atomic mass is 9.90. The molecule has 5 heteroatoms. The van der Waals surface area contributed by atoms with Gasteiger partial charge in [0.1, 0.15) is 0 Å². The average Bonchev–Trinajstić information content (AvgIpc) is 2.63. The zero-order chi connectivity index (χ0) is 17.6. The molecule has 4 nitrogen and oxygen atoms in total. The molecule has 0 spiro atoms. The van der Waals surface area contributed by atoms with Crippen molar-refractivity contribution in [3.05, 3.63) is 60.2 Å². The van der Waals surface area contributed by atoms with Crippen LogP contribution in [0.5, 0.6) is 0 Å². The maximum absolute atomic E-state index is 13.0. The normalized spacial score (nSPS) is 10.8. The number of anilines is 2. The van der Waals surface area contributed by atoms with Crippen LogP contribution in [0.4, 0.5) is 11.4 Å². The summed E-state index contributed by atoms with van der Waals surface area (Å²) in [6.45, 7) is 4.97. The fourth-order valence-corrected chi connectivity index (χ4v) is 2.69. The highest BCUT2D eigenvalue weighted by molar-refractivity contribution is 6.06. The minimum atomic E-state index is -0.00393. The first-order chi connectivity index (χ1) is 11.5. The fraction of sp³-hybridized carbons (Fsp3) is 0.350. The van der Waals surface area contributed by atoms with E-state index >= 15 is 0 Å². The molecule has 0 aromatic heterocycles. The second kappa shape index (κ2) is 9.59. The number of hydrogen-bond donors (Lipinski definition) is 2. The molecule has 5 N–H and O–H groups in total. The molecule has 0 atom stereocenters. The number of carbonyl (C=O) groups is 1. The first-order valence-corrected chi connectivity index (χ1v) is 8.57. The van der Waals surface area contributed by atoms with Crippen LogP contribution in [0.1, 0.15) is 43.5 Å². The largest absolute Gasteiger partial charge is 1.00 e. The SMILES string of the molecule is CCC([NH3+])(CC)CCN(C(=O)c1ccc(N)cc1)c1ccccc1.[Br-]. The molecule has 0 saturated heterocycles. The molecule has 25 heavy (non-hydrogen) atoms. The van der Waals surface area contributed by atoms with Gasteiger partial charge in [0, 0.05) is 29.9 Å². The van der Waals surface area contributed by atoms with Crippen LogP contribution in [0.2, 0.25) is 0 Å². The summed E-state index contributed by atoms with van der Waals surface area (Å²) >= 11 is 0. The number of para-hydroxylation sites is 1. The minimum absolute atomic E-state index is 0. The molecular formula is C20H28BrN3O. The molecule has 0 unspecified atom stereocenters. The van der Waals surface area contributed by atoms with Gasteiger partial charge in [-0.3, -0.25) is 4.79 Å². The van der Waals surface area contributed by atoms with Crippen molar-refractivity contribution >= 4 is 17.3 Å². The van der Waals surface area contributed by atoms with Crippen molar-refractivity contribution in [1.82, 2.24) is 0 Å². The van der Waals surface area contributed by atoms with Gasteiger partial charge in [0.15, 0.2) is 0 Å². The Morgan fingerprint density at radius 3 is 2.12 bits per heavy atom. The van der Waals surface area contributed by atoms with Crippen LogP contribution in [0.25, 0.3) is 0 Å². The number of carbonyl (C=O) groups excluding carboxylic acids is 1. The summed E-state index contributed by atoms with van der Waals surface area (Å²) in [6, 6.07) is 16.9. The molecule has 136 valence electrons. The molecule has 0 saturated carbocycles. The maximum atomic E-state index is 13.0. The Labute approximate surface area is 161 Å². The Kier molecular flexibility index (Phi) is 8.13. The monoisotopic (exact) mass is 405 g/mol. The molecule has 0 radical (unpaired) electrons. The van der Waals surface area contributed by atoms with E-state index in [-0.39, 0.29) is 28.4 Å². The van der Waals surface area contributed by atoms with E-state index in [1.165, 1.54) is 0 Å². The van der Waals surface area contributed by atoms with Gasteiger partial charge in [-0.1, -0.05) is 32.0 Å². The predicted molar refractivity (Wildman–Crippen MR) is 99.8 cm³/mol. The average molecular weight is 406 g/mol. The van der Waals surface area contributed by atoms with Gasteiger partial charge in [0.2, 0.25) is 0 Å². The van der Waals surface area contributed by atoms with Gasteiger partial charge in [-0.05, 0) is 49.2 Å². The van der Waals surface area contributed by atoms with E-state index in [1.807, 2.05) is 35.2 Å². The van der Waals surface area contributed by atoms with Crippen molar-refractivity contribution < 1.29 is 27.5 Å². The topological polar surface area (TPSA) is 74.0 Å². The molecule has 0 aliphatic carbocycles. The third kappa shape index (κ3) is 5.58. The lowest BCUT2D eigenvalue weighted by molar-refractivity contribution is -0.480. The summed E-state index contributed by atoms with van der Waals surface area (Å²) in [5.74, 6) is -0.00393. The molecule has 0 aliphatic rings. The van der Waals surface area contributed by atoms with Crippen LogP contribution in [0.3, 0.4) is 0 Å². The molecule has 2 aromatic rings. The third-order valence-electron chi connectivity index (χ3n) is 4.84. The quantitative estimate of drug-likeness (QED) is 0.641. The Morgan fingerprint density at radius 2 is 1.60 bits per heavy atom. The highest BCUT2D eigenvalue weighted by Crippen LogP contribution is 2.21. The fourth-order valence-electron chi connectivity index (χ4n) is 2.69. The van der Waals surface area contributed by atoms with E-state index in [2.05, 4.69) is 19.6 Å². The number of amides is 1. The van der Waals surface area contributed by atoms with Gasteiger partial charge in [-0.2, -0.15) is 0 Å². The van der Waals surface area contributed by atoms with Crippen LogP contribution in [0, 0.1) is 0 Å². The molecule has 2 aromatic carbocycles. The van der Waals surface area contributed by atoms with Crippen LogP contribution in [-0.4, -0.2) is 18.0 Å². The lowest BCUT2D eigenvalue weighted by Crippen LogP contribution is -3.00. The number of quaternary nitrogens is 1. The highest BCUT2D eigenvalue weighted by Gasteiger charge is 2.27. The van der Waals surface area contributed by atoms with E-state index in [1.54, 1.807) is 24.3 Å². The highest BCUT2D eigenvalue weighted by atomic mass is 79.9. The van der Waals surface area contributed by atoms with Crippen LogP contribution in [-0.2, 0) is 0 Å². The van der Waals surface area contributed by atoms with Crippen molar-refractivity contribution in [1.29, 1.82) is 0 Å². The van der Waals surface area contributed by atoms with Gasteiger partial charge in [-0.25, -0.2) is 0 Å². The van der Waals surface area contributed by atoms with Crippen LogP contribution in [0.15, 0.2) is 54.6 Å².